The zero-order chi connectivity index (χ0) is 15.7. The van der Waals surface area contributed by atoms with Gasteiger partial charge in [0.05, 0.1) is 13.2 Å². The summed E-state index contributed by atoms with van der Waals surface area (Å²) >= 11 is 0. The van der Waals surface area contributed by atoms with Crippen LogP contribution in [0.2, 0.25) is 0 Å². The van der Waals surface area contributed by atoms with Crippen LogP contribution in [0.15, 0.2) is 24.0 Å². The van der Waals surface area contributed by atoms with E-state index in [-0.39, 0.29) is 0 Å². The third-order valence-electron chi connectivity index (χ3n) is 3.26. The maximum absolute atomic E-state index is 12.5. The number of unbranched alkanes of at least 4 members (excludes halogenated alkanes) is 1. The molecule has 0 fully saturated rings. The van der Waals surface area contributed by atoms with Crippen molar-refractivity contribution >= 4 is 13.7 Å². The molecule has 0 aliphatic rings. The van der Waals surface area contributed by atoms with E-state index < -0.39 is 7.60 Å². The van der Waals surface area contributed by atoms with Crippen molar-refractivity contribution in [1.29, 1.82) is 0 Å². The van der Waals surface area contributed by atoms with Crippen molar-refractivity contribution in [2.24, 2.45) is 0 Å². The molecule has 1 rings (SSSR count). The van der Waals surface area contributed by atoms with Gasteiger partial charge in [0.1, 0.15) is 0 Å². The summed E-state index contributed by atoms with van der Waals surface area (Å²) in [4.78, 5) is 0. The number of hydrogen-bond acceptors (Lipinski definition) is 3. The molecule has 0 heterocycles. The van der Waals surface area contributed by atoms with Gasteiger partial charge in [0, 0.05) is 5.82 Å². The lowest BCUT2D eigenvalue weighted by molar-refractivity contribution is 0.229. The monoisotopic (exact) mass is 310 g/mol. The summed E-state index contributed by atoms with van der Waals surface area (Å²) in [7, 11) is -3.13. The Morgan fingerprint density at radius 1 is 1.14 bits per heavy atom. The average molecular weight is 310 g/mol. The van der Waals surface area contributed by atoms with Crippen molar-refractivity contribution < 1.29 is 13.6 Å². The normalized spacial score (nSPS) is 12.2. The Morgan fingerprint density at radius 3 is 2.38 bits per heavy atom. The molecule has 0 radical (unpaired) electrons. The summed E-state index contributed by atoms with van der Waals surface area (Å²) in [5, 5.41) is 0. The molecular formula is C17H27O3P. The Labute approximate surface area is 128 Å². The summed E-state index contributed by atoms with van der Waals surface area (Å²) in [6.45, 7) is 8.64. The van der Waals surface area contributed by atoms with Gasteiger partial charge < -0.3 is 9.05 Å². The standard InChI is InChI=1S/C17H27O3P/c1-5-8-11-16-12-9-10-15(4)17(16)13-14-21(18,19-6-2)20-7-3/h9-10,12-14H,5-8,11H2,1-4H3/b14-13+. The van der Waals surface area contributed by atoms with E-state index in [1.165, 1.54) is 11.1 Å². The number of benzene rings is 1. The van der Waals surface area contributed by atoms with Crippen LogP contribution in [0.25, 0.3) is 6.08 Å². The van der Waals surface area contributed by atoms with Crippen molar-refractivity contribution in [1.82, 2.24) is 0 Å². The highest BCUT2D eigenvalue weighted by atomic mass is 31.2. The fraction of sp³-hybridized carbons (Fsp3) is 0.529. The maximum atomic E-state index is 12.5. The molecule has 0 saturated heterocycles. The second-order valence-electron chi connectivity index (χ2n) is 4.94. The van der Waals surface area contributed by atoms with Crippen LogP contribution in [0.5, 0.6) is 0 Å². The van der Waals surface area contributed by atoms with Crippen molar-refractivity contribution in [3.8, 4) is 0 Å². The van der Waals surface area contributed by atoms with Crippen molar-refractivity contribution in [3.05, 3.63) is 40.7 Å². The molecule has 0 aliphatic carbocycles. The predicted octanol–water partition coefficient (Wildman–Crippen LogP) is 5.57. The quantitative estimate of drug-likeness (QED) is 0.559. The zero-order valence-corrected chi connectivity index (χ0v) is 14.5. The molecule has 0 spiro atoms. The van der Waals surface area contributed by atoms with Crippen LogP contribution in [0, 0.1) is 6.92 Å². The van der Waals surface area contributed by atoms with Crippen LogP contribution >= 0.6 is 7.60 Å². The Bertz CT molecular complexity index is 499. The van der Waals surface area contributed by atoms with Gasteiger partial charge in [-0.15, -0.1) is 0 Å². The van der Waals surface area contributed by atoms with Crippen LogP contribution in [0.1, 0.15) is 50.3 Å². The van der Waals surface area contributed by atoms with E-state index in [2.05, 4.69) is 32.0 Å². The molecule has 1 aromatic carbocycles. The van der Waals surface area contributed by atoms with Crippen LogP contribution in [0.4, 0.5) is 0 Å². The van der Waals surface area contributed by atoms with Gasteiger partial charge >= 0.3 is 7.60 Å². The van der Waals surface area contributed by atoms with Gasteiger partial charge in [0.15, 0.2) is 0 Å². The van der Waals surface area contributed by atoms with Crippen LogP contribution in [-0.4, -0.2) is 13.2 Å². The summed E-state index contributed by atoms with van der Waals surface area (Å²) in [6, 6.07) is 6.28. The molecule has 1 aromatic rings. The molecular weight excluding hydrogens is 283 g/mol. The van der Waals surface area contributed by atoms with Crippen molar-refractivity contribution in [2.75, 3.05) is 13.2 Å². The third-order valence-corrected chi connectivity index (χ3v) is 5.01. The van der Waals surface area contributed by atoms with Crippen LogP contribution in [0.3, 0.4) is 0 Å². The Morgan fingerprint density at radius 2 is 1.81 bits per heavy atom. The van der Waals surface area contributed by atoms with Crippen molar-refractivity contribution in [2.45, 2.75) is 47.0 Å². The van der Waals surface area contributed by atoms with E-state index in [1.807, 2.05) is 19.9 Å². The van der Waals surface area contributed by atoms with E-state index in [9.17, 15) is 4.57 Å². The molecule has 0 saturated carbocycles. The Hall–Kier alpha value is -0.890. The van der Waals surface area contributed by atoms with E-state index in [1.54, 1.807) is 5.82 Å². The van der Waals surface area contributed by atoms with E-state index in [0.29, 0.717) is 13.2 Å². The molecule has 118 valence electrons. The molecule has 3 nitrogen and oxygen atoms in total. The minimum atomic E-state index is -3.13. The summed E-state index contributed by atoms with van der Waals surface area (Å²) in [5.41, 5.74) is 3.60. The molecule has 0 bridgehead atoms. The summed E-state index contributed by atoms with van der Waals surface area (Å²) < 4.78 is 23.1. The van der Waals surface area contributed by atoms with Gasteiger partial charge in [-0.05, 0) is 56.4 Å². The average Bonchev–Trinajstić information content (AvgIpc) is 2.44. The van der Waals surface area contributed by atoms with E-state index >= 15 is 0 Å². The molecule has 21 heavy (non-hydrogen) atoms. The fourth-order valence-electron chi connectivity index (χ4n) is 2.21. The topological polar surface area (TPSA) is 35.5 Å². The fourth-order valence-corrected chi connectivity index (χ4v) is 3.51. The van der Waals surface area contributed by atoms with Gasteiger partial charge in [0.25, 0.3) is 0 Å². The van der Waals surface area contributed by atoms with Gasteiger partial charge in [-0.3, -0.25) is 4.57 Å². The second-order valence-corrected chi connectivity index (χ2v) is 6.84. The first-order chi connectivity index (χ1) is 10.1. The largest absolute Gasteiger partial charge is 0.354 e. The first kappa shape index (κ1) is 18.2. The number of rotatable bonds is 9. The highest BCUT2D eigenvalue weighted by molar-refractivity contribution is 7.57. The first-order valence-electron chi connectivity index (χ1n) is 7.72. The summed E-state index contributed by atoms with van der Waals surface area (Å²) in [6.07, 6.45) is 5.24. The highest BCUT2D eigenvalue weighted by Crippen LogP contribution is 2.50. The minimum Gasteiger partial charge on any atom is -0.306 e. The molecule has 4 heteroatoms. The molecule has 0 unspecified atom stereocenters. The van der Waals surface area contributed by atoms with E-state index in [4.69, 9.17) is 9.05 Å². The molecule has 0 N–H and O–H groups in total. The smallest absolute Gasteiger partial charge is 0.306 e. The lowest BCUT2D eigenvalue weighted by Gasteiger charge is -2.14. The van der Waals surface area contributed by atoms with Crippen molar-refractivity contribution in [3.63, 3.8) is 0 Å². The number of hydrogen-bond donors (Lipinski definition) is 0. The van der Waals surface area contributed by atoms with Gasteiger partial charge in [0.2, 0.25) is 0 Å². The zero-order valence-electron chi connectivity index (χ0n) is 13.6. The highest BCUT2D eigenvalue weighted by Gasteiger charge is 2.19. The summed E-state index contributed by atoms with van der Waals surface area (Å²) in [5.74, 6) is 1.60. The Balaban J connectivity index is 3.04. The van der Waals surface area contributed by atoms with Gasteiger partial charge in [-0.25, -0.2) is 0 Å². The first-order valence-corrected chi connectivity index (χ1v) is 9.34. The molecule has 0 atom stereocenters. The third kappa shape index (κ3) is 5.78. The number of aryl methyl sites for hydroxylation is 2. The lowest BCUT2D eigenvalue weighted by Crippen LogP contribution is -1.95. The van der Waals surface area contributed by atoms with Gasteiger partial charge in [-0.1, -0.05) is 31.5 Å². The molecule has 0 amide bonds. The van der Waals surface area contributed by atoms with E-state index in [0.717, 1.165) is 24.8 Å². The second kappa shape index (κ2) is 9.19. The lowest BCUT2D eigenvalue weighted by atomic mass is 9.98. The van der Waals surface area contributed by atoms with Crippen LogP contribution < -0.4 is 0 Å². The predicted molar refractivity (Wildman–Crippen MR) is 89.7 cm³/mol. The maximum Gasteiger partial charge on any atom is 0.354 e. The Kier molecular flexibility index (Phi) is 7.95. The van der Waals surface area contributed by atoms with Crippen LogP contribution in [-0.2, 0) is 20.0 Å². The SMILES string of the molecule is CCCCc1cccc(C)c1/C=C/P(=O)(OCC)OCC. The van der Waals surface area contributed by atoms with Gasteiger partial charge in [-0.2, -0.15) is 0 Å². The minimum absolute atomic E-state index is 0.373. The molecule has 0 aromatic heterocycles. The molecule has 0 aliphatic heterocycles.